The first kappa shape index (κ1) is 23.0. The molecule has 1 aromatic heterocycles. The fraction of sp³-hybridized carbons (Fsp3) is 0.296. The summed E-state index contributed by atoms with van der Waals surface area (Å²) in [5, 5.41) is 10.8. The third-order valence-electron chi connectivity index (χ3n) is 6.41. The van der Waals surface area contributed by atoms with E-state index >= 15 is 0 Å². The molecule has 180 valence electrons. The van der Waals surface area contributed by atoms with Crippen molar-refractivity contribution >= 4 is 22.6 Å². The van der Waals surface area contributed by atoms with Gasteiger partial charge in [-0.15, -0.1) is 0 Å². The summed E-state index contributed by atoms with van der Waals surface area (Å²) >= 11 is 0. The van der Waals surface area contributed by atoms with Gasteiger partial charge in [-0.1, -0.05) is 24.3 Å². The Morgan fingerprint density at radius 3 is 2.49 bits per heavy atom. The van der Waals surface area contributed by atoms with Crippen molar-refractivity contribution in [3.63, 3.8) is 0 Å². The van der Waals surface area contributed by atoms with Crippen LogP contribution in [0.15, 0.2) is 77.4 Å². The summed E-state index contributed by atoms with van der Waals surface area (Å²) < 4.78 is 10.6. The number of hydrogen-bond acceptors (Lipinski definition) is 7. The molecule has 0 unspecified atom stereocenters. The van der Waals surface area contributed by atoms with Gasteiger partial charge in [0.1, 0.15) is 22.5 Å². The van der Waals surface area contributed by atoms with Crippen molar-refractivity contribution < 1.29 is 14.2 Å². The maximum absolute atomic E-state index is 12.6. The van der Waals surface area contributed by atoms with Gasteiger partial charge >= 0.3 is 0 Å². The SMILES string of the molecule is CN(Cc1ccc2nonc2c1)C1CCN(CC(=O)Nc2ccc(Oc3ccccc3)cc2)CC1. The number of para-hydroxylation sites is 1. The Bertz CT molecular complexity index is 1250. The molecule has 1 saturated heterocycles. The highest BCUT2D eigenvalue weighted by Crippen LogP contribution is 2.23. The van der Waals surface area contributed by atoms with E-state index in [-0.39, 0.29) is 5.91 Å². The highest BCUT2D eigenvalue weighted by molar-refractivity contribution is 5.92. The lowest BCUT2D eigenvalue weighted by molar-refractivity contribution is -0.117. The minimum absolute atomic E-state index is 0.00283. The minimum atomic E-state index is 0.00283. The number of benzene rings is 3. The second-order valence-corrected chi connectivity index (χ2v) is 9.00. The highest BCUT2D eigenvalue weighted by Gasteiger charge is 2.24. The molecule has 1 fully saturated rings. The Morgan fingerprint density at radius 1 is 1.00 bits per heavy atom. The van der Waals surface area contributed by atoms with Crippen LogP contribution in [-0.4, -0.2) is 58.7 Å². The van der Waals surface area contributed by atoms with Gasteiger partial charge in [0.25, 0.3) is 0 Å². The number of fused-ring (bicyclic) bond motifs is 1. The van der Waals surface area contributed by atoms with Gasteiger partial charge in [0.2, 0.25) is 5.91 Å². The first-order chi connectivity index (χ1) is 17.1. The van der Waals surface area contributed by atoms with E-state index in [9.17, 15) is 4.79 Å². The van der Waals surface area contributed by atoms with Gasteiger partial charge in [-0.05, 0) is 84.3 Å². The van der Waals surface area contributed by atoms with E-state index in [0.717, 1.165) is 60.7 Å². The maximum atomic E-state index is 12.6. The van der Waals surface area contributed by atoms with Crippen LogP contribution < -0.4 is 10.1 Å². The van der Waals surface area contributed by atoms with E-state index < -0.39 is 0 Å². The van der Waals surface area contributed by atoms with Gasteiger partial charge in [-0.3, -0.25) is 14.6 Å². The van der Waals surface area contributed by atoms with Crippen LogP contribution in [0.25, 0.3) is 11.0 Å². The van der Waals surface area contributed by atoms with E-state index in [2.05, 4.69) is 38.5 Å². The Balaban J connectivity index is 1.06. The molecule has 0 atom stereocenters. The number of nitrogens with zero attached hydrogens (tertiary/aromatic N) is 4. The lowest BCUT2D eigenvalue weighted by Gasteiger charge is -2.36. The lowest BCUT2D eigenvalue weighted by atomic mass is 10.0. The molecule has 0 aliphatic carbocycles. The van der Waals surface area contributed by atoms with Crippen LogP contribution in [0.5, 0.6) is 11.5 Å². The molecular formula is C27H29N5O3. The monoisotopic (exact) mass is 471 g/mol. The van der Waals surface area contributed by atoms with Gasteiger partial charge in [0.05, 0.1) is 6.54 Å². The zero-order valence-corrected chi connectivity index (χ0v) is 19.8. The Kier molecular flexibility index (Phi) is 7.02. The average molecular weight is 472 g/mol. The van der Waals surface area contributed by atoms with E-state index in [1.807, 2.05) is 66.7 Å². The number of aromatic nitrogens is 2. The van der Waals surface area contributed by atoms with E-state index in [1.54, 1.807) is 0 Å². The van der Waals surface area contributed by atoms with Gasteiger partial charge in [0.15, 0.2) is 0 Å². The van der Waals surface area contributed by atoms with Crippen LogP contribution in [0.2, 0.25) is 0 Å². The molecule has 1 aliphatic rings. The Hall–Kier alpha value is -3.75. The highest BCUT2D eigenvalue weighted by atomic mass is 16.6. The van der Waals surface area contributed by atoms with Crippen LogP contribution in [0.4, 0.5) is 5.69 Å². The quantitative estimate of drug-likeness (QED) is 0.404. The molecule has 5 rings (SSSR count). The zero-order chi connectivity index (χ0) is 24.0. The Morgan fingerprint density at radius 2 is 1.71 bits per heavy atom. The number of piperidine rings is 1. The molecule has 1 amide bonds. The number of nitrogens with one attached hydrogen (secondary N) is 1. The summed E-state index contributed by atoms with van der Waals surface area (Å²) in [6, 6.07) is 23.6. The predicted octanol–water partition coefficient (Wildman–Crippen LogP) is 4.55. The number of carbonyl (C=O) groups excluding carboxylic acids is 1. The van der Waals surface area contributed by atoms with Crippen LogP contribution in [0, 0.1) is 0 Å². The van der Waals surface area contributed by atoms with Gasteiger partial charge in [-0.25, -0.2) is 4.63 Å². The third kappa shape index (κ3) is 6.03. The number of hydrogen-bond donors (Lipinski definition) is 1. The molecule has 1 aliphatic heterocycles. The first-order valence-electron chi connectivity index (χ1n) is 11.9. The number of anilines is 1. The molecule has 4 aromatic rings. The Labute approximate surface area is 204 Å². The minimum Gasteiger partial charge on any atom is -0.457 e. The topological polar surface area (TPSA) is 83.7 Å². The molecular weight excluding hydrogens is 442 g/mol. The van der Waals surface area contributed by atoms with Crippen molar-refractivity contribution in [1.82, 2.24) is 20.1 Å². The van der Waals surface area contributed by atoms with Crippen molar-refractivity contribution in [1.29, 1.82) is 0 Å². The summed E-state index contributed by atoms with van der Waals surface area (Å²) in [6.45, 7) is 3.05. The van der Waals surface area contributed by atoms with Crippen LogP contribution in [0.3, 0.4) is 0 Å². The molecule has 0 radical (unpaired) electrons. The largest absolute Gasteiger partial charge is 0.457 e. The summed E-state index contributed by atoms with van der Waals surface area (Å²) in [6.07, 6.45) is 2.06. The van der Waals surface area contributed by atoms with E-state index in [1.165, 1.54) is 5.56 Å². The smallest absolute Gasteiger partial charge is 0.238 e. The standard InChI is InChI=1S/C27H29N5O3/c1-31(18-20-7-12-25-26(17-20)30-35-29-25)22-13-15-32(16-14-22)19-27(33)28-21-8-10-24(11-9-21)34-23-5-3-2-4-6-23/h2-12,17,22H,13-16,18-19H2,1H3,(H,28,33). The van der Waals surface area contributed by atoms with E-state index in [4.69, 9.17) is 9.37 Å². The van der Waals surface area contributed by atoms with Crippen molar-refractivity contribution in [2.45, 2.75) is 25.4 Å². The number of amides is 1. The van der Waals surface area contributed by atoms with E-state index in [0.29, 0.717) is 12.6 Å². The lowest BCUT2D eigenvalue weighted by Crippen LogP contribution is -2.45. The molecule has 0 spiro atoms. The first-order valence-corrected chi connectivity index (χ1v) is 11.9. The molecule has 0 saturated carbocycles. The molecule has 35 heavy (non-hydrogen) atoms. The summed E-state index contributed by atoms with van der Waals surface area (Å²) in [4.78, 5) is 17.2. The molecule has 2 heterocycles. The van der Waals surface area contributed by atoms with Crippen molar-refractivity contribution in [3.05, 3.63) is 78.4 Å². The fourth-order valence-corrected chi connectivity index (χ4v) is 4.50. The van der Waals surface area contributed by atoms with Crippen molar-refractivity contribution in [2.24, 2.45) is 0 Å². The molecule has 8 heteroatoms. The van der Waals surface area contributed by atoms with Crippen LogP contribution >= 0.6 is 0 Å². The summed E-state index contributed by atoms with van der Waals surface area (Å²) in [5.74, 6) is 1.52. The van der Waals surface area contributed by atoms with Gasteiger partial charge in [0, 0.05) is 31.4 Å². The average Bonchev–Trinajstić information content (AvgIpc) is 3.34. The second kappa shape index (κ2) is 10.7. The zero-order valence-electron chi connectivity index (χ0n) is 19.8. The molecule has 8 nitrogen and oxygen atoms in total. The fourth-order valence-electron chi connectivity index (χ4n) is 4.50. The molecule has 0 bridgehead atoms. The van der Waals surface area contributed by atoms with Crippen molar-refractivity contribution in [2.75, 3.05) is 32.0 Å². The number of likely N-dealkylation sites (tertiary alicyclic amines) is 1. The maximum Gasteiger partial charge on any atom is 0.238 e. The second-order valence-electron chi connectivity index (χ2n) is 9.00. The number of carbonyl (C=O) groups is 1. The summed E-state index contributed by atoms with van der Waals surface area (Å²) in [7, 11) is 2.16. The normalized spacial score (nSPS) is 14.9. The van der Waals surface area contributed by atoms with Crippen LogP contribution in [-0.2, 0) is 11.3 Å². The third-order valence-corrected chi connectivity index (χ3v) is 6.41. The molecule has 1 N–H and O–H groups in total. The predicted molar refractivity (Wildman–Crippen MR) is 134 cm³/mol. The summed E-state index contributed by atoms with van der Waals surface area (Å²) in [5.41, 5.74) is 3.52. The van der Waals surface area contributed by atoms with Gasteiger partial charge < -0.3 is 10.1 Å². The van der Waals surface area contributed by atoms with Gasteiger partial charge in [-0.2, -0.15) is 0 Å². The molecule has 3 aromatic carbocycles. The number of rotatable bonds is 8. The van der Waals surface area contributed by atoms with Crippen molar-refractivity contribution in [3.8, 4) is 11.5 Å². The van der Waals surface area contributed by atoms with Crippen LogP contribution in [0.1, 0.15) is 18.4 Å². The number of ether oxygens (including phenoxy) is 1.